The van der Waals surface area contributed by atoms with Crippen molar-refractivity contribution < 1.29 is 33.1 Å². The summed E-state index contributed by atoms with van der Waals surface area (Å²) >= 11 is 0. The third kappa shape index (κ3) is 9.58. The average Bonchev–Trinajstić information content (AvgIpc) is 2.95. The first-order valence-corrected chi connectivity index (χ1v) is 12.5. The van der Waals surface area contributed by atoms with Crippen LogP contribution in [0.25, 0.3) is 0 Å². The molecule has 11 heteroatoms. The van der Waals surface area contributed by atoms with E-state index in [-0.39, 0.29) is 19.0 Å². The van der Waals surface area contributed by atoms with Crippen LogP contribution >= 0.6 is 0 Å². The van der Waals surface area contributed by atoms with E-state index in [1.54, 1.807) is 61.5 Å². The number of amides is 2. The van der Waals surface area contributed by atoms with Gasteiger partial charge in [0.2, 0.25) is 5.91 Å². The Kier molecular flexibility index (Phi) is 10.8. The Morgan fingerprint density at radius 1 is 0.976 bits per heavy atom. The molecule has 0 aromatic heterocycles. The van der Waals surface area contributed by atoms with Gasteiger partial charge in [-0.25, -0.2) is 5.48 Å². The first kappa shape index (κ1) is 31.0. The lowest BCUT2D eigenvalue weighted by molar-refractivity contribution is -0.137. The molecule has 8 nitrogen and oxygen atoms in total. The molecule has 3 aromatic carbocycles. The highest BCUT2D eigenvalue weighted by atomic mass is 19.4. The first-order valence-electron chi connectivity index (χ1n) is 12.5. The molecule has 0 fully saturated rings. The second kappa shape index (κ2) is 14.2. The highest BCUT2D eigenvalue weighted by Crippen LogP contribution is 2.29. The molecule has 2 amide bonds. The summed E-state index contributed by atoms with van der Waals surface area (Å²) in [5.74, 6) is 4.92. The van der Waals surface area contributed by atoms with E-state index in [4.69, 9.17) is 5.21 Å². The Labute approximate surface area is 235 Å². The van der Waals surface area contributed by atoms with Gasteiger partial charge in [0, 0.05) is 29.1 Å². The number of nitrogens with one attached hydrogen (secondary N) is 3. The molecule has 0 unspecified atom stereocenters. The highest BCUT2D eigenvalue weighted by Gasteiger charge is 2.30. The monoisotopic (exact) mass is 566 g/mol. The number of rotatable bonds is 9. The summed E-state index contributed by atoms with van der Waals surface area (Å²) in [5, 5.41) is 24.1. The summed E-state index contributed by atoms with van der Waals surface area (Å²) < 4.78 is 38.5. The Hall–Kier alpha value is -4.50. The van der Waals surface area contributed by atoms with Crippen LogP contribution in [-0.2, 0) is 22.3 Å². The first-order chi connectivity index (χ1) is 19.5. The fraction of sp³-hybridized carbons (Fsp3) is 0.233. The van der Waals surface area contributed by atoms with Crippen molar-refractivity contribution in [3.63, 3.8) is 0 Å². The fourth-order valence-electron chi connectivity index (χ4n) is 3.69. The quantitative estimate of drug-likeness (QED) is 0.116. The fourth-order valence-corrected chi connectivity index (χ4v) is 3.69. The van der Waals surface area contributed by atoms with Crippen LogP contribution in [0, 0.1) is 11.8 Å². The number of benzene rings is 3. The number of aliphatic hydroxyl groups is 1. The predicted molar refractivity (Wildman–Crippen MR) is 148 cm³/mol. The maximum absolute atomic E-state index is 12.8. The van der Waals surface area contributed by atoms with Gasteiger partial charge in [-0.1, -0.05) is 42.2 Å². The van der Waals surface area contributed by atoms with Crippen LogP contribution in [0.3, 0.4) is 0 Å². The molecule has 0 spiro atoms. The maximum Gasteiger partial charge on any atom is 0.416 e. The second-order valence-electron chi connectivity index (χ2n) is 9.13. The molecule has 0 saturated carbocycles. The van der Waals surface area contributed by atoms with E-state index in [9.17, 15) is 27.9 Å². The van der Waals surface area contributed by atoms with Crippen LogP contribution in [0.4, 0.5) is 18.9 Å². The van der Waals surface area contributed by atoms with Crippen molar-refractivity contribution in [2.75, 3.05) is 11.9 Å². The number of anilines is 1. The number of carbonyl (C=O) groups excluding carboxylic acids is 2. The Morgan fingerprint density at radius 3 is 2.15 bits per heavy atom. The molecule has 214 valence electrons. The Morgan fingerprint density at radius 2 is 1.59 bits per heavy atom. The highest BCUT2D eigenvalue weighted by molar-refractivity contribution is 6.00. The van der Waals surface area contributed by atoms with Crippen molar-refractivity contribution in [1.82, 2.24) is 10.8 Å². The molecular weight excluding hydrogens is 537 g/mol. The van der Waals surface area contributed by atoms with Crippen molar-refractivity contribution in [3.05, 3.63) is 101 Å². The molecule has 3 rings (SSSR count). The summed E-state index contributed by atoms with van der Waals surface area (Å²) in [4.78, 5) is 28.1. The molecule has 0 aliphatic rings. The SMILES string of the molecule is CC(=N[C@H](C(=O)NO)[C@@H](C)O)c1ccc(C#Cc2ccc(NC(=O)CNCc3cccc(C(F)(F)F)c3)cc2)cc1. The van der Waals surface area contributed by atoms with Crippen molar-refractivity contribution in [3.8, 4) is 11.8 Å². The summed E-state index contributed by atoms with van der Waals surface area (Å²) in [5.41, 5.74) is 4.39. The molecule has 0 saturated heterocycles. The molecule has 0 radical (unpaired) electrons. The summed E-state index contributed by atoms with van der Waals surface area (Å²) in [6, 6.07) is 17.8. The number of aliphatic imine (C=N–C) groups is 1. The smallest absolute Gasteiger partial charge is 0.391 e. The second-order valence-corrected chi connectivity index (χ2v) is 9.13. The van der Waals surface area contributed by atoms with Gasteiger partial charge in [-0.2, -0.15) is 13.2 Å². The number of hydrogen-bond donors (Lipinski definition) is 5. The van der Waals surface area contributed by atoms with Crippen LogP contribution < -0.4 is 16.1 Å². The van der Waals surface area contributed by atoms with E-state index in [0.29, 0.717) is 22.5 Å². The molecule has 0 aliphatic carbocycles. The third-order valence-corrected chi connectivity index (χ3v) is 5.86. The molecule has 2 atom stereocenters. The summed E-state index contributed by atoms with van der Waals surface area (Å²) in [6.07, 6.45) is -5.51. The predicted octanol–water partition coefficient (Wildman–Crippen LogP) is 3.90. The molecule has 0 heterocycles. The van der Waals surface area contributed by atoms with Gasteiger partial charge < -0.3 is 15.7 Å². The van der Waals surface area contributed by atoms with Crippen molar-refractivity contribution in [1.29, 1.82) is 0 Å². The largest absolute Gasteiger partial charge is 0.416 e. The number of aliphatic hydroxyl groups excluding tert-OH is 1. The van der Waals surface area contributed by atoms with Gasteiger partial charge in [-0.3, -0.25) is 19.8 Å². The van der Waals surface area contributed by atoms with E-state index in [1.807, 2.05) is 0 Å². The van der Waals surface area contributed by atoms with Gasteiger partial charge in [-0.05, 0) is 67.4 Å². The van der Waals surface area contributed by atoms with Crippen molar-refractivity contribution in [2.24, 2.45) is 4.99 Å². The minimum Gasteiger partial charge on any atom is -0.391 e. The van der Waals surface area contributed by atoms with Gasteiger partial charge in [-0.15, -0.1) is 0 Å². The van der Waals surface area contributed by atoms with E-state index >= 15 is 0 Å². The van der Waals surface area contributed by atoms with Gasteiger partial charge in [0.25, 0.3) is 5.91 Å². The number of hydroxylamine groups is 1. The van der Waals surface area contributed by atoms with Gasteiger partial charge in [0.1, 0.15) is 0 Å². The molecule has 0 bridgehead atoms. The van der Waals surface area contributed by atoms with Crippen molar-refractivity contribution in [2.45, 2.75) is 38.7 Å². The van der Waals surface area contributed by atoms with E-state index < -0.39 is 29.8 Å². The standard InChI is InChI=1S/C30H29F3N4O4/c1-19(35-28(20(2)38)29(40)37-41)24-12-8-21(9-13-24)6-7-22-10-14-26(15-11-22)36-27(39)18-34-17-23-4-3-5-25(16-23)30(31,32)33/h3-5,8-16,20,28,34,38,41H,17-18H2,1-2H3,(H,36,39)(H,37,40)/t20-,28+/m1/s1. The van der Waals surface area contributed by atoms with E-state index in [1.165, 1.54) is 18.5 Å². The molecule has 5 N–H and O–H groups in total. The number of carbonyl (C=O) groups is 2. The number of alkyl halides is 3. The minimum absolute atomic E-state index is 0.0771. The lowest BCUT2D eigenvalue weighted by atomic mass is 10.1. The van der Waals surface area contributed by atoms with Crippen LogP contribution in [0.5, 0.6) is 0 Å². The zero-order valence-electron chi connectivity index (χ0n) is 22.3. The average molecular weight is 567 g/mol. The maximum atomic E-state index is 12.8. The Bertz CT molecular complexity index is 1440. The number of hydrogen-bond acceptors (Lipinski definition) is 6. The third-order valence-electron chi connectivity index (χ3n) is 5.86. The van der Waals surface area contributed by atoms with Crippen LogP contribution in [0.15, 0.2) is 77.8 Å². The topological polar surface area (TPSA) is 123 Å². The van der Waals surface area contributed by atoms with E-state index in [2.05, 4.69) is 27.5 Å². The van der Waals surface area contributed by atoms with Crippen LogP contribution in [0.2, 0.25) is 0 Å². The molecular formula is C30H29F3N4O4. The van der Waals surface area contributed by atoms with Crippen molar-refractivity contribution >= 4 is 23.2 Å². The lowest BCUT2D eigenvalue weighted by Gasteiger charge is -2.14. The van der Waals surface area contributed by atoms with E-state index in [0.717, 1.165) is 23.3 Å². The van der Waals surface area contributed by atoms with Gasteiger partial charge in [0.15, 0.2) is 6.04 Å². The lowest BCUT2D eigenvalue weighted by Crippen LogP contribution is -2.38. The number of halogens is 3. The normalized spacial score (nSPS) is 13.0. The number of nitrogens with zero attached hydrogens (tertiary/aromatic N) is 1. The van der Waals surface area contributed by atoms with Crippen LogP contribution in [0.1, 0.15) is 41.7 Å². The zero-order valence-corrected chi connectivity index (χ0v) is 22.3. The molecule has 3 aromatic rings. The van der Waals surface area contributed by atoms with Gasteiger partial charge >= 0.3 is 6.18 Å². The summed E-state index contributed by atoms with van der Waals surface area (Å²) in [6.45, 7) is 3.13. The molecule has 0 aliphatic heterocycles. The Balaban J connectivity index is 1.52. The molecule has 41 heavy (non-hydrogen) atoms. The van der Waals surface area contributed by atoms with Crippen LogP contribution in [-0.4, -0.2) is 46.5 Å². The zero-order chi connectivity index (χ0) is 30.0. The summed E-state index contributed by atoms with van der Waals surface area (Å²) in [7, 11) is 0. The minimum atomic E-state index is -4.42. The van der Waals surface area contributed by atoms with Gasteiger partial charge in [0.05, 0.1) is 18.2 Å².